The second-order valence-corrected chi connectivity index (χ2v) is 4.55. The molecule has 0 spiro atoms. The Kier molecular flexibility index (Phi) is 3.33. The highest BCUT2D eigenvalue weighted by Crippen LogP contribution is 2.32. The van der Waals surface area contributed by atoms with Crippen molar-refractivity contribution in [2.24, 2.45) is 5.92 Å². The van der Waals surface area contributed by atoms with E-state index in [0.29, 0.717) is 6.54 Å². The van der Waals surface area contributed by atoms with Crippen molar-refractivity contribution in [1.29, 1.82) is 0 Å². The van der Waals surface area contributed by atoms with Gasteiger partial charge in [0.25, 0.3) is 0 Å². The van der Waals surface area contributed by atoms with Crippen LogP contribution in [0.15, 0.2) is 24.3 Å². The lowest BCUT2D eigenvalue weighted by atomic mass is 9.89. The van der Waals surface area contributed by atoms with Crippen LogP contribution in [0.3, 0.4) is 0 Å². The summed E-state index contributed by atoms with van der Waals surface area (Å²) >= 11 is 0. The maximum Gasteiger partial charge on any atom is 0.308 e. The van der Waals surface area contributed by atoms with Crippen molar-refractivity contribution in [3.05, 3.63) is 29.8 Å². The molecule has 0 aliphatic carbocycles. The van der Waals surface area contributed by atoms with Crippen LogP contribution < -0.4 is 4.74 Å². The highest BCUT2D eigenvalue weighted by Gasteiger charge is 2.36. The number of aliphatic carboxylic acids is 1. The second kappa shape index (κ2) is 4.75. The third-order valence-electron chi connectivity index (χ3n) is 3.36. The highest BCUT2D eigenvalue weighted by molar-refractivity contribution is 5.72. The Balaban J connectivity index is 2.22. The molecule has 0 amide bonds. The van der Waals surface area contributed by atoms with Crippen molar-refractivity contribution >= 4 is 5.97 Å². The third kappa shape index (κ3) is 2.42. The summed E-state index contributed by atoms with van der Waals surface area (Å²) in [7, 11) is 3.58. The van der Waals surface area contributed by atoms with Crippen molar-refractivity contribution in [2.75, 3.05) is 27.2 Å². The van der Waals surface area contributed by atoms with Crippen LogP contribution in [-0.2, 0) is 4.79 Å². The molecule has 1 saturated heterocycles. The summed E-state index contributed by atoms with van der Waals surface area (Å²) in [5, 5.41) is 9.21. The fourth-order valence-corrected chi connectivity index (χ4v) is 2.44. The Morgan fingerprint density at radius 2 is 2.00 bits per heavy atom. The lowest BCUT2D eigenvalue weighted by molar-refractivity contribution is -0.141. The zero-order chi connectivity index (χ0) is 12.4. The van der Waals surface area contributed by atoms with Gasteiger partial charge in [-0.25, -0.2) is 0 Å². The monoisotopic (exact) mass is 235 g/mol. The molecule has 0 aromatic heterocycles. The molecule has 0 radical (unpaired) electrons. The molecule has 2 atom stereocenters. The SMILES string of the molecule is COc1ccc([C@@H]2CN(C)C[C@H]2C(=O)O)cc1. The maximum absolute atomic E-state index is 11.2. The molecule has 4 nitrogen and oxygen atoms in total. The molecular weight excluding hydrogens is 218 g/mol. The van der Waals surface area contributed by atoms with Gasteiger partial charge >= 0.3 is 5.97 Å². The van der Waals surface area contributed by atoms with Crippen LogP contribution in [0.25, 0.3) is 0 Å². The number of benzene rings is 1. The number of likely N-dealkylation sites (tertiary alicyclic amines) is 1. The summed E-state index contributed by atoms with van der Waals surface area (Å²) in [6.07, 6.45) is 0. The minimum Gasteiger partial charge on any atom is -0.497 e. The molecule has 1 aliphatic rings. The number of ether oxygens (including phenoxy) is 1. The lowest BCUT2D eigenvalue weighted by Gasteiger charge is -2.15. The van der Waals surface area contributed by atoms with Crippen LogP contribution in [0.4, 0.5) is 0 Å². The first-order chi connectivity index (χ1) is 8.11. The number of likely N-dealkylation sites (N-methyl/N-ethyl adjacent to an activating group) is 1. The van der Waals surface area contributed by atoms with Crippen LogP contribution in [0.1, 0.15) is 11.5 Å². The van der Waals surface area contributed by atoms with Gasteiger partial charge in [0, 0.05) is 19.0 Å². The van der Waals surface area contributed by atoms with Crippen molar-refractivity contribution < 1.29 is 14.6 Å². The summed E-state index contributed by atoms with van der Waals surface area (Å²) in [4.78, 5) is 13.3. The molecule has 2 rings (SSSR count). The van der Waals surface area contributed by atoms with Gasteiger partial charge in [-0.2, -0.15) is 0 Å². The van der Waals surface area contributed by atoms with Crippen LogP contribution in [0.2, 0.25) is 0 Å². The van der Waals surface area contributed by atoms with E-state index in [2.05, 4.69) is 4.90 Å². The van der Waals surface area contributed by atoms with E-state index >= 15 is 0 Å². The van der Waals surface area contributed by atoms with E-state index in [0.717, 1.165) is 17.9 Å². The predicted molar refractivity (Wildman–Crippen MR) is 64.4 cm³/mol. The van der Waals surface area contributed by atoms with Crippen molar-refractivity contribution in [3.63, 3.8) is 0 Å². The zero-order valence-electron chi connectivity index (χ0n) is 10.1. The summed E-state index contributed by atoms with van der Waals surface area (Å²) in [6, 6.07) is 7.68. The van der Waals surface area contributed by atoms with Crippen molar-refractivity contribution in [3.8, 4) is 5.75 Å². The van der Waals surface area contributed by atoms with Crippen LogP contribution in [0.5, 0.6) is 5.75 Å². The Hall–Kier alpha value is -1.55. The predicted octanol–water partition coefficient (Wildman–Crippen LogP) is 1.43. The Bertz CT molecular complexity index is 402. The summed E-state index contributed by atoms with van der Waals surface area (Å²) in [6.45, 7) is 1.41. The van der Waals surface area contributed by atoms with E-state index in [4.69, 9.17) is 4.74 Å². The number of carboxylic acids is 1. The minimum absolute atomic E-state index is 0.0726. The molecule has 0 unspecified atom stereocenters. The molecule has 1 heterocycles. The molecule has 1 N–H and O–H groups in total. The molecule has 4 heteroatoms. The van der Waals surface area contributed by atoms with Gasteiger partial charge in [-0.05, 0) is 24.7 Å². The first-order valence-corrected chi connectivity index (χ1v) is 5.67. The Morgan fingerprint density at radius 1 is 1.35 bits per heavy atom. The second-order valence-electron chi connectivity index (χ2n) is 4.55. The molecule has 17 heavy (non-hydrogen) atoms. The van der Waals surface area contributed by atoms with Gasteiger partial charge in [-0.3, -0.25) is 4.79 Å². The average Bonchev–Trinajstić information content (AvgIpc) is 2.72. The zero-order valence-corrected chi connectivity index (χ0v) is 10.1. The molecule has 1 aromatic carbocycles. The molecule has 1 fully saturated rings. The Morgan fingerprint density at radius 3 is 2.53 bits per heavy atom. The van der Waals surface area contributed by atoms with E-state index in [1.54, 1.807) is 7.11 Å². The average molecular weight is 235 g/mol. The van der Waals surface area contributed by atoms with Gasteiger partial charge < -0.3 is 14.7 Å². The van der Waals surface area contributed by atoms with E-state index in [1.165, 1.54) is 0 Å². The number of nitrogens with zero attached hydrogens (tertiary/aromatic N) is 1. The molecular formula is C13H17NO3. The smallest absolute Gasteiger partial charge is 0.308 e. The molecule has 0 saturated carbocycles. The third-order valence-corrected chi connectivity index (χ3v) is 3.36. The Labute approximate surface area is 101 Å². The summed E-state index contributed by atoms with van der Waals surface area (Å²) < 4.78 is 5.10. The number of hydrogen-bond donors (Lipinski definition) is 1. The largest absolute Gasteiger partial charge is 0.497 e. The number of methoxy groups -OCH3 is 1. The topological polar surface area (TPSA) is 49.8 Å². The quantitative estimate of drug-likeness (QED) is 0.861. The van der Waals surface area contributed by atoms with E-state index in [-0.39, 0.29) is 11.8 Å². The van der Waals surface area contributed by atoms with Gasteiger partial charge in [0.1, 0.15) is 5.75 Å². The van der Waals surface area contributed by atoms with Gasteiger partial charge in [-0.1, -0.05) is 12.1 Å². The van der Waals surface area contributed by atoms with Gasteiger partial charge in [0.2, 0.25) is 0 Å². The minimum atomic E-state index is -0.713. The number of carboxylic acid groups (broad SMARTS) is 1. The first-order valence-electron chi connectivity index (χ1n) is 5.67. The number of hydrogen-bond acceptors (Lipinski definition) is 3. The maximum atomic E-state index is 11.2. The first kappa shape index (κ1) is 11.9. The molecule has 92 valence electrons. The number of rotatable bonds is 3. The molecule has 1 aliphatic heterocycles. The number of carbonyl (C=O) groups is 1. The summed E-state index contributed by atoms with van der Waals surface area (Å²) in [5.74, 6) is -0.154. The lowest BCUT2D eigenvalue weighted by Crippen LogP contribution is -2.21. The van der Waals surface area contributed by atoms with Gasteiger partial charge in [-0.15, -0.1) is 0 Å². The van der Waals surface area contributed by atoms with E-state index in [1.807, 2.05) is 31.3 Å². The van der Waals surface area contributed by atoms with Crippen LogP contribution in [0, 0.1) is 5.92 Å². The normalized spacial score (nSPS) is 24.8. The summed E-state index contributed by atoms with van der Waals surface area (Å²) in [5.41, 5.74) is 1.07. The standard InChI is InChI=1S/C13H17NO3/c1-14-7-11(12(8-14)13(15)16)9-3-5-10(17-2)6-4-9/h3-6,11-12H,7-8H2,1-2H3,(H,15,16)/t11-,12+/m0/s1. The van der Waals surface area contributed by atoms with Crippen LogP contribution >= 0.6 is 0 Å². The van der Waals surface area contributed by atoms with E-state index in [9.17, 15) is 9.90 Å². The van der Waals surface area contributed by atoms with Crippen LogP contribution in [-0.4, -0.2) is 43.2 Å². The highest BCUT2D eigenvalue weighted by atomic mass is 16.5. The van der Waals surface area contributed by atoms with E-state index < -0.39 is 5.97 Å². The van der Waals surface area contributed by atoms with Crippen molar-refractivity contribution in [1.82, 2.24) is 4.90 Å². The molecule has 0 bridgehead atoms. The van der Waals surface area contributed by atoms with Crippen molar-refractivity contribution in [2.45, 2.75) is 5.92 Å². The van der Waals surface area contributed by atoms with Gasteiger partial charge in [0.15, 0.2) is 0 Å². The van der Waals surface area contributed by atoms with Gasteiger partial charge in [0.05, 0.1) is 13.0 Å². The molecule has 1 aromatic rings. The fraction of sp³-hybridized carbons (Fsp3) is 0.462. The fourth-order valence-electron chi connectivity index (χ4n) is 2.44.